The van der Waals surface area contributed by atoms with Crippen molar-refractivity contribution in [2.45, 2.75) is 32.9 Å². The molecule has 0 fully saturated rings. The SMILES string of the molecule is CC(C)(C)N(CO)Cc1ccccc1. The first kappa shape index (κ1) is 11.2. The van der Waals surface area contributed by atoms with Crippen molar-refractivity contribution in [1.29, 1.82) is 0 Å². The molecule has 0 spiro atoms. The molecule has 0 aromatic heterocycles. The lowest BCUT2D eigenvalue weighted by molar-refractivity contribution is 0.0261. The molecule has 0 aliphatic heterocycles. The first-order chi connectivity index (χ1) is 6.54. The first-order valence-electron chi connectivity index (χ1n) is 4.94. The Hall–Kier alpha value is -0.860. The number of aliphatic hydroxyl groups excluding tert-OH is 1. The van der Waals surface area contributed by atoms with Gasteiger partial charge in [-0.15, -0.1) is 0 Å². The number of nitrogens with zero attached hydrogens (tertiary/aromatic N) is 1. The smallest absolute Gasteiger partial charge is 0.0963 e. The molecule has 0 saturated carbocycles. The fourth-order valence-corrected chi connectivity index (χ4v) is 1.30. The molecule has 0 atom stereocenters. The van der Waals surface area contributed by atoms with Crippen LogP contribution >= 0.6 is 0 Å². The van der Waals surface area contributed by atoms with Crippen LogP contribution in [0.25, 0.3) is 0 Å². The summed E-state index contributed by atoms with van der Waals surface area (Å²) < 4.78 is 0. The topological polar surface area (TPSA) is 23.5 Å². The van der Waals surface area contributed by atoms with Crippen LogP contribution in [-0.4, -0.2) is 22.3 Å². The van der Waals surface area contributed by atoms with Gasteiger partial charge < -0.3 is 5.11 Å². The maximum absolute atomic E-state index is 9.25. The summed E-state index contributed by atoms with van der Waals surface area (Å²) in [5.74, 6) is 0. The zero-order valence-electron chi connectivity index (χ0n) is 9.20. The molecule has 0 aliphatic rings. The van der Waals surface area contributed by atoms with Crippen molar-refractivity contribution in [2.24, 2.45) is 0 Å². The van der Waals surface area contributed by atoms with Crippen molar-refractivity contribution in [3.8, 4) is 0 Å². The Kier molecular flexibility index (Phi) is 3.67. The van der Waals surface area contributed by atoms with E-state index in [1.807, 2.05) is 23.1 Å². The van der Waals surface area contributed by atoms with Crippen LogP contribution < -0.4 is 0 Å². The lowest BCUT2D eigenvalue weighted by Crippen LogP contribution is -2.41. The summed E-state index contributed by atoms with van der Waals surface area (Å²) in [4.78, 5) is 2.03. The molecule has 1 aromatic carbocycles. The van der Waals surface area contributed by atoms with Crippen LogP contribution in [0.2, 0.25) is 0 Å². The summed E-state index contributed by atoms with van der Waals surface area (Å²) in [6, 6.07) is 10.2. The largest absolute Gasteiger partial charge is 0.381 e. The maximum Gasteiger partial charge on any atom is 0.0963 e. The van der Waals surface area contributed by atoms with E-state index in [-0.39, 0.29) is 12.3 Å². The predicted molar refractivity (Wildman–Crippen MR) is 58.8 cm³/mol. The predicted octanol–water partition coefficient (Wildman–Crippen LogP) is 2.24. The molecule has 14 heavy (non-hydrogen) atoms. The quantitative estimate of drug-likeness (QED) is 0.744. The number of hydrogen-bond acceptors (Lipinski definition) is 2. The lowest BCUT2D eigenvalue weighted by atomic mass is 10.1. The van der Waals surface area contributed by atoms with Gasteiger partial charge in [0, 0.05) is 12.1 Å². The van der Waals surface area contributed by atoms with Crippen LogP contribution in [0.4, 0.5) is 0 Å². The van der Waals surface area contributed by atoms with Gasteiger partial charge in [-0.2, -0.15) is 0 Å². The zero-order valence-corrected chi connectivity index (χ0v) is 9.20. The van der Waals surface area contributed by atoms with E-state index in [0.717, 1.165) is 6.54 Å². The average molecular weight is 193 g/mol. The van der Waals surface area contributed by atoms with Crippen LogP contribution in [-0.2, 0) is 6.54 Å². The van der Waals surface area contributed by atoms with Crippen molar-refractivity contribution in [3.63, 3.8) is 0 Å². The van der Waals surface area contributed by atoms with E-state index >= 15 is 0 Å². The van der Waals surface area contributed by atoms with Crippen LogP contribution in [0.5, 0.6) is 0 Å². The molecule has 0 unspecified atom stereocenters. The van der Waals surface area contributed by atoms with Gasteiger partial charge in [-0.25, -0.2) is 0 Å². The summed E-state index contributed by atoms with van der Waals surface area (Å²) in [6.07, 6.45) is 0. The molecular weight excluding hydrogens is 174 g/mol. The maximum atomic E-state index is 9.25. The van der Waals surface area contributed by atoms with Gasteiger partial charge in [0.1, 0.15) is 0 Å². The highest BCUT2D eigenvalue weighted by Gasteiger charge is 2.19. The lowest BCUT2D eigenvalue weighted by Gasteiger charge is -2.33. The van der Waals surface area contributed by atoms with Gasteiger partial charge in [0.25, 0.3) is 0 Å². The fraction of sp³-hybridized carbons (Fsp3) is 0.500. The standard InChI is InChI=1S/C12H19NO/c1-12(2,3)13(10-14)9-11-7-5-4-6-8-11/h4-8,14H,9-10H2,1-3H3. The number of aliphatic hydroxyl groups is 1. The molecule has 2 heteroatoms. The van der Waals surface area contributed by atoms with E-state index in [4.69, 9.17) is 0 Å². The van der Waals surface area contributed by atoms with Crippen LogP contribution in [0.1, 0.15) is 26.3 Å². The first-order valence-corrected chi connectivity index (χ1v) is 4.94. The zero-order chi connectivity index (χ0) is 10.6. The summed E-state index contributed by atoms with van der Waals surface area (Å²) in [5.41, 5.74) is 1.24. The molecule has 0 amide bonds. The van der Waals surface area contributed by atoms with E-state index in [0.29, 0.717) is 0 Å². The van der Waals surface area contributed by atoms with Gasteiger partial charge in [-0.1, -0.05) is 30.3 Å². The van der Waals surface area contributed by atoms with Gasteiger partial charge in [-0.3, -0.25) is 4.90 Å². The van der Waals surface area contributed by atoms with Crippen molar-refractivity contribution in [3.05, 3.63) is 35.9 Å². The second kappa shape index (κ2) is 4.58. The van der Waals surface area contributed by atoms with Gasteiger partial charge in [0.15, 0.2) is 0 Å². The third kappa shape index (κ3) is 3.13. The summed E-state index contributed by atoms with van der Waals surface area (Å²) >= 11 is 0. The van der Waals surface area contributed by atoms with Crippen LogP contribution in [0, 0.1) is 0 Å². The van der Waals surface area contributed by atoms with Crippen molar-refractivity contribution >= 4 is 0 Å². The molecule has 0 radical (unpaired) electrons. The highest BCUT2D eigenvalue weighted by molar-refractivity contribution is 5.14. The molecule has 2 nitrogen and oxygen atoms in total. The summed E-state index contributed by atoms with van der Waals surface area (Å²) in [5, 5.41) is 9.25. The minimum atomic E-state index is 0.00455. The summed E-state index contributed by atoms with van der Waals surface area (Å²) in [7, 11) is 0. The molecule has 0 heterocycles. The minimum absolute atomic E-state index is 0.00455. The van der Waals surface area contributed by atoms with E-state index in [9.17, 15) is 5.11 Å². The normalized spacial score (nSPS) is 12.1. The Morgan fingerprint density at radius 2 is 1.71 bits per heavy atom. The second-order valence-corrected chi connectivity index (χ2v) is 4.50. The molecule has 1 rings (SSSR count). The van der Waals surface area contributed by atoms with Crippen molar-refractivity contribution in [1.82, 2.24) is 4.90 Å². The second-order valence-electron chi connectivity index (χ2n) is 4.50. The van der Waals surface area contributed by atoms with Crippen LogP contribution in [0.3, 0.4) is 0 Å². The van der Waals surface area contributed by atoms with Crippen molar-refractivity contribution in [2.75, 3.05) is 6.73 Å². The highest BCUT2D eigenvalue weighted by atomic mass is 16.3. The molecule has 78 valence electrons. The Morgan fingerprint density at radius 3 is 2.14 bits per heavy atom. The summed E-state index contributed by atoms with van der Waals surface area (Å²) in [6.45, 7) is 7.20. The third-order valence-electron chi connectivity index (χ3n) is 2.34. The van der Waals surface area contributed by atoms with Gasteiger partial charge in [0.2, 0.25) is 0 Å². The van der Waals surface area contributed by atoms with Crippen LogP contribution in [0.15, 0.2) is 30.3 Å². The third-order valence-corrected chi connectivity index (χ3v) is 2.34. The van der Waals surface area contributed by atoms with Gasteiger partial charge >= 0.3 is 0 Å². The molecule has 0 saturated heterocycles. The van der Waals surface area contributed by atoms with Gasteiger partial charge in [0.05, 0.1) is 6.73 Å². The van der Waals surface area contributed by atoms with E-state index < -0.39 is 0 Å². The number of hydrogen-bond donors (Lipinski definition) is 1. The Labute approximate surface area is 86.2 Å². The number of benzene rings is 1. The average Bonchev–Trinajstić information content (AvgIpc) is 2.14. The van der Waals surface area contributed by atoms with E-state index in [1.54, 1.807) is 0 Å². The molecule has 1 aromatic rings. The molecular formula is C12H19NO. The fourth-order valence-electron chi connectivity index (χ4n) is 1.30. The minimum Gasteiger partial charge on any atom is -0.381 e. The van der Waals surface area contributed by atoms with E-state index in [1.165, 1.54) is 5.56 Å². The molecule has 0 aliphatic carbocycles. The monoisotopic (exact) mass is 193 g/mol. The Balaban J connectivity index is 2.67. The van der Waals surface area contributed by atoms with Crippen molar-refractivity contribution < 1.29 is 5.11 Å². The highest BCUT2D eigenvalue weighted by Crippen LogP contribution is 2.15. The van der Waals surface area contributed by atoms with Gasteiger partial charge in [-0.05, 0) is 26.3 Å². The Morgan fingerprint density at radius 1 is 1.14 bits per heavy atom. The molecule has 1 N–H and O–H groups in total. The number of rotatable bonds is 3. The Bertz CT molecular complexity index is 263. The van der Waals surface area contributed by atoms with E-state index in [2.05, 4.69) is 32.9 Å². The molecule has 0 bridgehead atoms.